The number of thioether (sulfide) groups is 1. The van der Waals surface area contributed by atoms with Crippen LogP contribution in [0, 0.1) is 0 Å². The maximum atomic E-state index is 12.0. The Morgan fingerprint density at radius 1 is 1.22 bits per heavy atom. The van der Waals surface area contributed by atoms with Crippen molar-refractivity contribution in [3.8, 4) is 11.5 Å². The Bertz CT molecular complexity index is 798. The summed E-state index contributed by atoms with van der Waals surface area (Å²) in [5.41, 5.74) is 1.49. The number of ether oxygens (including phenoxy) is 1. The second-order valence-electron chi connectivity index (χ2n) is 4.77. The average Bonchev–Trinajstić information content (AvgIpc) is 2.87. The van der Waals surface area contributed by atoms with Crippen molar-refractivity contribution in [2.24, 2.45) is 4.99 Å². The summed E-state index contributed by atoms with van der Waals surface area (Å²) in [6.45, 7) is 0. The largest absolute Gasteiger partial charge is 0.508 e. The molecular weight excluding hydrogens is 312 g/mol. The van der Waals surface area contributed by atoms with E-state index in [2.05, 4.69) is 10.3 Å². The van der Waals surface area contributed by atoms with Crippen LogP contribution in [0.1, 0.15) is 5.56 Å². The first-order chi connectivity index (χ1) is 11.1. The van der Waals surface area contributed by atoms with E-state index in [0.717, 1.165) is 11.3 Å². The third-order valence-corrected chi connectivity index (χ3v) is 4.03. The average molecular weight is 326 g/mol. The van der Waals surface area contributed by atoms with Gasteiger partial charge in [0, 0.05) is 6.07 Å². The molecule has 2 aromatic carbocycles. The first-order valence-electron chi connectivity index (χ1n) is 6.87. The maximum Gasteiger partial charge on any atom is 0.264 e. The van der Waals surface area contributed by atoms with Gasteiger partial charge in [0.15, 0.2) is 5.17 Å². The van der Waals surface area contributed by atoms with Gasteiger partial charge >= 0.3 is 0 Å². The molecule has 0 radical (unpaired) electrons. The molecule has 0 atom stereocenters. The summed E-state index contributed by atoms with van der Waals surface area (Å²) in [6, 6.07) is 14.0. The Morgan fingerprint density at radius 3 is 2.70 bits per heavy atom. The molecule has 0 spiro atoms. The van der Waals surface area contributed by atoms with E-state index in [9.17, 15) is 9.90 Å². The number of carbonyl (C=O) groups is 1. The molecule has 1 amide bonds. The lowest BCUT2D eigenvalue weighted by atomic mass is 10.2. The third kappa shape index (κ3) is 3.73. The van der Waals surface area contributed by atoms with Crippen molar-refractivity contribution < 1.29 is 14.6 Å². The van der Waals surface area contributed by atoms with E-state index >= 15 is 0 Å². The highest BCUT2D eigenvalue weighted by molar-refractivity contribution is 8.18. The first kappa shape index (κ1) is 15.2. The zero-order chi connectivity index (χ0) is 16.2. The summed E-state index contributed by atoms with van der Waals surface area (Å²) >= 11 is 1.26. The van der Waals surface area contributed by atoms with Gasteiger partial charge < -0.3 is 15.2 Å². The van der Waals surface area contributed by atoms with Crippen LogP contribution in [-0.2, 0) is 4.79 Å². The van der Waals surface area contributed by atoms with Gasteiger partial charge in [-0.2, -0.15) is 0 Å². The molecule has 0 bridgehead atoms. The summed E-state index contributed by atoms with van der Waals surface area (Å²) in [6.07, 6.45) is 1.80. The number of aliphatic imine (C=N–C) groups is 1. The van der Waals surface area contributed by atoms with Gasteiger partial charge in [-0.15, -0.1) is 0 Å². The number of phenolic OH excluding ortho intramolecular Hbond substituents is 1. The van der Waals surface area contributed by atoms with Crippen molar-refractivity contribution in [3.63, 3.8) is 0 Å². The highest BCUT2D eigenvalue weighted by atomic mass is 32.2. The van der Waals surface area contributed by atoms with Gasteiger partial charge in [-0.05, 0) is 47.7 Å². The van der Waals surface area contributed by atoms with E-state index in [1.165, 1.54) is 17.8 Å². The molecule has 1 aliphatic rings. The molecule has 0 saturated carbocycles. The molecule has 116 valence electrons. The molecule has 1 fully saturated rings. The molecule has 0 unspecified atom stereocenters. The second-order valence-corrected chi connectivity index (χ2v) is 5.81. The highest BCUT2D eigenvalue weighted by Gasteiger charge is 2.23. The zero-order valence-corrected chi connectivity index (χ0v) is 13.1. The van der Waals surface area contributed by atoms with E-state index in [4.69, 9.17) is 4.74 Å². The topological polar surface area (TPSA) is 70.9 Å². The molecule has 2 N–H and O–H groups in total. The van der Waals surface area contributed by atoms with E-state index in [0.29, 0.717) is 15.8 Å². The van der Waals surface area contributed by atoms with Crippen molar-refractivity contribution in [3.05, 3.63) is 59.0 Å². The molecule has 23 heavy (non-hydrogen) atoms. The van der Waals surface area contributed by atoms with Crippen LogP contribution in [0.2, 0.25) is 0 Å². The summed E-state index contributed by atoms with van der Waals surface area (Å²) in [7, 11) is 1.61. The van der Waals surface area contributed by atoms with Crippen molar-refractivity contribution in [1.82, 2.24) is 5.32 Å². The number of benzene rings is 2. The van der Waals surface area contributed by atoms with Gasteiger partial charge in [0.05, 0.1) is 17.7 Å². The van der Waals surface area contributed by atoms with Crippen LogP contribution >= 0.6 is 11.8 Å². The standard InChI is InChI=1S/C17H14N2O3S/c1-22-14-7-5-11(6-8-14)9-15-16(21)19-17(23-15)18-12-3-2-4-13(20)10-12/h2-10,20H,1H3,(H,18,19,21)/b15-9-. The Kier molecular flexibility index (Phi) is 4.34. The predicted molar refractivity (Wildman–Crippen MR) is 91.9 cm³/mol. The van der Waals surface area contributed by atoms with E-state index in [-0.39, 0.29) is 11.7 Å². The van der Waals surface area contributed by atoms with Crippen molar-refractivity contribution in [2.45, 2.75) is 0 Å². The SMILES string of the molecule is COc1ccc(/C=C2\SC(=Nc3cccc(O)c3)NC2=O)cc1. The molecular formula is C17H14N2O3S. The quantitative estimate of drug-likeness (QED) is 0.849. The van der Waals surface area contributed by atoms with Gasteiger partial charge in [-0.1, -0.05) is 18.2 Å². The van der Waals surface area contributed by atoms with Crippen LogP contribution in [0.25, 0.3) is 6.08 Å². The molecule has 0 aromatic heterocycles. The molecule has 2 aromatic rings. The van der Waals surface area contributed by atoms with Gasteiger partial charge in [-0.25, -0.2) is 4.99 Å². The van der Waals surface area contributed by atoms with E-state index in [1.807, 2.05) is 24.3 Å². The number of nitrogens with zero attached hydrogens (tertiary/aromatic N) is 1. The zero-order valence-electron chi connectivity index (χ0n) is 12.3. The molecule has 1 aliphatic heterocycles. The van der Waals surface area contributed by atoms with E-state index < -0.39 is 0 Å². The number of methoxy groups -OCH3 is 1. The Balaban J connectivity index is 1.80. The third-order valence-electron chi connectivity index (χ3n) is 3.12. The summed E-state index contributed by atoms with van der Waals surface area (Å²) in [5.74, 6) is 0.710. The van der Waals surface area contributed by atoms with E-state index in [1.54, 1.807) is 31.4 Å². The lowest BCUT2D eigenvalue weighted by Gasteiger charge is -1.99. The minimum absolute atomic E-state index is 0.134. The second kappa shape index (κ2) is 6.58. The number of hydrogen-bond donors (Lipinski definition) is 2. The number of rotatable bonds is 3. The fourth-order valence-corrected chi connectivity index (χ4v) is 2.85. The number of aromatic hydroxyl groups is 1. The van der Waals surface area contributed by atoms with Crippen LogP contribution in [0.3, 0.4) is 0 Å². The Morgan fingerprint density at radius 2 is 2.00 bits per heavy atom. The normalized spacial score (nSPS) is 17.5. The van der Waals surface area contributed by atoms with Crippen LogP contribution in [-0.4, -0.2) is 23.3 Å². The molecule has 6 heteroatoms. The Labute approximate surface area is 137 Å². The van der Waals surface area contributed by atoms with Crippen LogP contribution in [0.15, 0.2) is 58.4 Å². The molecule has 0 aliphatic carbocycles. The number of hydrogen-bond acceptors (Lipinski definition) is 5. The minimum Gasteiger partial charge on any atom is -0.508 e. The van der Waals surface area contributed by atoms with Gasteiger partial charge in [-0.3, -0.25) is 4.79 Å². The number of nitrogens with one attached hydrogen (secondary N) is 1. The van der Waals surface area contributed by atoms with Crippen molar-refractivity contribution in [1.29, 1.82) is 0 Å². The lowest BCUT2D eigenvalue weighted by Crippen LogP contribution is -2.19. The van der Waals surface area contributed by atoms with Gasteiger partial charge in [0.25, 0.3) is 5.91 Å². The fraction of sp³-hybridized carbons (Fsp3) is 0.0588. The number of phenols is 1. The highest BCUT2D eigenvalue weighted by Crippen LogP contribution is 2.29. The van der Waals surface area contributed by atoms with Crippen LogP contribution < -0.4 is 10.1 Å². The predicted octanol–water partition coefficient (Wildman–Crippen LogP) is 3.29. The van der Waals surface area contributed by atoms with Gasteiger partial charge in [0.2, 0.25) is 0 Å². The van der Waals surface area contributed by atoms with Crippen LogP contribution in [0.5, 0.6) is 11.5 Å². The summed E-state index contributed by atoms with van der Waals surface area (Å²) in [5, 5.41) is 12.6. The Hall–Kier alpha value is -2.73. The molecule has 1 heterocycles. The summed E-state index contributed by atoms with van der Waals surface area (Å²) < 4.78 is 5.11. The van der Waals surface area contributed by atoms with Gasteiger partial charge in [0.1, 0.15) is 11.5 Å². The maximum absolute atomic E-state index is 12.0. The number of amidine groups is 1. The molecule has 5 nitrogen and oxygen atoms in total. The fourth-order valence-electron chi connectivity index (χ4n) is 2.01. The van der Waals surface area contributed by atoms with Crippen LogP contribution in [0.4, 0.5) is 5.69 Å². The lowest BCUT2D eigenvalue weighted by molar-refractivity contribution is -0.115. The van der Waals surface area contributed by atoms with Crippen molar-refractivity contribution in [2.75, 3.05) is 7.11 Å². The summed E-state index contributed by atoms with van der Waals surface area (Å²) in [4.78, 5) is 16.9. The van der Waals surface area contributed by atoms with Crippen molar-refractivity contribution >= 4 is 34.6 Å². The minimum atomic E-state index is -0.190. The number of carbonyl (C=O) groups excluding carboxylic acids is 1. The first-order valence-corrected chi connectivity index (χ1v) is 7.68. The smallest absolute Gasteiger partial charge is 0.264 e. The monoisotopic (exact) mass is 326 g/mol. The number of amides is 1. The molecule has 1 saturated heterocycles. The molecule has 3 rings (SSSR count).